The highest BCUT2D eigenvalue weighted by Gasteiger charge is 2.18. The molecule has 100 valence electrons. The van der Waals surface area contributed by atoms with Gasteiger partial charge < -0.3 is 19.3 Å². The molecule has 4 heteroatoms. The fourth-order valence-electron chi connectivity index (χ4n) is 2.07. The molecule has 0 amide bonds. The Hall–Kier alpha value is -1.26. The molecule has 4 nitrogen and oxygen atoms in total. The lowest BCUT2D eigenvalue weighted by molar-refractivity contribution is 0.0663. The van der Waals surface area contributed by atoms with E-state index in [0.29, 0.717) is 12.4 Å². The second kappa shape index (κ2) is 6.07. The predicted octanol–water partition coefficient (Wildman–Crippen LogP) is 2.31. The molecule has 1 aliphatic heterocycles. The summed E-state index contributed by atoms with van der Waals surface area (Å²) in [6.45, 7) is 3.06. The number of methoxy groups -OCH3 is 1. The Balaban J connectivity index is 2.07. The van der Waals surface area contributed by atoms with Gasteiger partial charge in [0.15, 0.2) is 0 Å². The Kier molecular flexibility index (Phi) is 4.44. The van der Waals surface area contributed by atoms with Gasteiger partial charge >= 0.3 is 0 Å². The molecule has 0 saturated carbocycles. The predicted molar refractivity (Wildman–Crippen MR) is 68.1 cm³/mol. The fourth-order valence-corrected chi connectivity index (χ4v) is 2.07. The fraction of sp³-hybridized carbons (Fsp3) is 0.571. The summed E-state index contributed by atoms with van der Waals surface area (Å²) >= 11 is 0. The van der Waals surface area contributed by atoms with E-state index >= 15 is 0 Å². The maximum Gasteiger partial charge on any atom is 0.128 e. The van der Waals surface area contributed by atoms with E-state index in [1.54, 1.807) is 20.1 Å². The molecule has 1 N–H and O–H groups in total. The third kappa shape index (κ3) is 3.15. The summed E-state index contributed by atoms with van der Waals surface area (Å²) in [6.07, 6.45) is 1.73. The SMILES string of the molecule is COc1ccc([C@H](C)O)c(OCC2CCCO2)c1. The maximum absolute atomic E-state index is 9.71. The number of aliphatic hydroxyl groups is 1. The Labute approximate surface area is 107 Å². The van der Waals surface area contributed by atoms with Crippen molar-refractivity contribution in [2.24, 2.45) is 0 Å². The van der Waals surface area contributed by atoms with Crippen LogP contribution in [0.3, 0.4) is 0 Å². The Morgan fingerprint density at radius 1 is 1.50 bits per heavy atom. The minimum atomic E-state index is -0.560. The van der Waals surface area contributed by atoms with Crippen molar-refractivity contribution in [2.75, 3.05) is 20.3 Å². The molecule has 1 heterocycles. The topological polar surface area (TPSA) is 47.9 Å². The quantitative estimate of drug-likeness (QED) is 0.873. The van der Waals surface area contributed by atoms with E-state index in [4.69, 9.17) is 14.2 Å². The Bertz CT molecular complexity index is 383. The van der Waals surface area contributed by atoms with Crippen LogP contribution in [0.15, 0.2) is 18.2 Å². The summed E-state index contributed by atoms with van der Waals surface area (Å²) in [5.74, 6) is 1.39. The molecule has 2 rings (SSSR count). The van der Waals surface area contributed by atoms with Gasteiger partial charge in [-0.1, -0.05) is 0 Å². The summed E-state index contributed by atoms with van der Waals surface area (Å²) in [7, 11) is 1.61. The van der Waals surface area contributed by atoms with E-state index in [-0.39, 0.29) is 6.10 Å². The molecule has 2 atom stereocenters. The molecule has 18 heavy (non-hydrogen) atoms. The van der Waals surface area contributed by atoms with Crippen molar-refractivity contribution in [1.29, 1.82) is 0 Å². The van der Waals surface area contributed by atoms with Gasteiger partial charge in [0, 0.05) is 18.2 Å². The average Bonchev–Trinajstić information content (AvgIpc) is 2.88. The Morgan fingerprint density at radius 2 is 2.33 bits per heavy atom. The summed E-state index contributed by atoms with van der Waals surface area (Å²) in [6, 6.07) is 5.45. The van der Waals surface area contributed by atoms with Crippen LogP contribution in [0.2, 0.25) is 0 Å². The van der Waals surface area contributed by atoms with Crippen molar-refractivity contribution in [3.63, 3.8) is 0 Å². The van der Waals surface area contributed by atoms with E-state index in [1.165, 1.54) is 0 Å². The lowest BCUT2D eigenvalue weighted by atomic mass is 10.1. The van der Waals surface area contributed by atoms with Gasteiger partial charge in [-0.15, -0.1) is 0 Å². The molecule has 0 bridgehead atoms. The summed E-state index contributed by atoms with van der Waals surface area (Å²) in [5, 5.41) is 9.71. The summed E-state index contributed by atoms with van der Waals surface area (Å²) in [4.78, 5) is 0. The van der Waals surface area contributed by atoms with Gasteiger partial charge in [-0.25, -0.2) is 0 Å². The largest absolute Gasteiger partial charge is 0.497 e. The van der Waals surface area contributed by atoms with Crippen LogP contribution in [0.4, 0.5) is 0 Å². The first-order valence-electron chi connectivity index (χ1n) is 6.31. The highest BCUT2D eigenvalue weighted by Crippen LogP contribution is 2.30. The summed E-state index contributed by atoms with van der Waals surface area (Å²) in [5.41, 5.74) is 0.772. The third-order valence-corrected chi connectivity index (χ3v) is 3.12. The molecule has 1 aliphatic rings. The van der Waals surface area contributed by atoms with Gasteiger partial charge in [0.25, 0.3) is 0 Å². The van der Waals surface area contributed by atoms with E-state index in [0.717, 1.165) is 30.8 Å². The number of hydrogen-bond donors (Lipinski definition) is 1. The number of ether oxygens (including phenoxy) is 3. The second-order valence-electron chi connectivity index (χ2n) is 4.53. The number of benzene rings is 1. The van der Waals surface area contributed by atoms with Crippen LogP contribution in [-0.4, -0.2) is 31.5 Å². The minimum absolute atomic E-state index is 0.165. The van der Waals surface area contributed by atoms with Crippen LogP contribution in [0.25, 0.3) is 0 Å². The van der Waals surface area contributed by atoms with Crippen molar-refractivity contribution in [1.82, 2.24) is 0 Å². The molecule has 0 radical (unpaired) electrons. The third-order valence-electron chi connectivity index (χ3n) is 3.12. The smallest absolute Gasteiger partial charge is 0.128 e. The lowest BCUT2D eigenvalue weighted by Gasteiger charge is -2.17. The van der Waals surface area contributed by atoms with Crippen LogP contribution in [0, 0.1) is 0 Å². The second-order valence-corrected chi connectivity index (χ2v) is 4.53. The standard InChI is InChI=1S/C14H20O4/c1-10(15)13-6-5-11(16-2)8-14(13)18-9-12-4-3-7-17-12/h5-6,8,10,12,15H,3-4,7,9H2,1-2H3/t10-,12?/m0/s1. The van der Waals surface area contributed by atoms with Crippen molar-refractivity contribution in [2.45, 2.75) is 32.0 Å². The monoisotopic (exact) mass is 252 g/mol. The zero-order valence-electron chi connectivity index (χ0n) is 10.9. The van der Waals surface area contributed by atoms with E-state index in [9.17, 15) is 5.11 Å². The van der Waals surface area contributed by atoms with Crippen LogP contribution < -0.4 is 9.47 Å². The molecule has 1 aromatic rings. The van der Waals surface area contributed by atoms with Crippen molar-refractivity contribution in [3.05, 3.63) is 23.8 Å². The van der Waals surface area contributed by atoms with Crippen LogP contribution in [0.1, 0.15) is 31.4 Å². The van der Waals surface area contributed by atoms with Crippen molar-refractivity contribution >= 4 is 0 Å². The number of aliphatic hydroxyl groups excluding tert-OH is 1. The molecular weight excluding hydrogens is 232 g/mol. The Morgan fingerprint density at radius 3 is 2.94 bits per heavy atom. The van der Waals surface area contributed by atoms with Gasteiger partial charge in [-0.3, -0.25) is 0 Å². The molecule has 0 aromatic heterocycles. The highest BCUT2D eigenvalue weighted by atomic mass is 16.5. The number of hydrogen-bond acceptors (Lipinski definition) is 4. The normalized spacial score (nSPS) is 20.7. The van der Waals surface area contributed by atoms with E-state index < -0.39 is 6.10 Å². The molecule has 0 spiro atoms. The first kappa shape index (κ1) is 13.2. The first-order chi connectivity index (χ1) is 8.70. The number of rotatable bonds is 5. The zero-order valence-corrected chi connectivity index (χ0v) is 10.9. The molecular formula is C14H20O4. The first-order valence-corrected chi connectivity index (χ1v) is 6.31. The van der Waals surface area contributed by atoms with Crippen molar-refractivity contribution in [3.8, 4) is 11.5 Å². The van der Waals surface area contributed by atoms with Crippen molar-refractivity contribution < 1.29 is 19.3 Å². The van der Waals surface area contributed by atoms with Gasteiger partial charge in [0.1, 0.15) is 18.1 Å². The van der Waals surface area contributed by atoms with E-state index in [1.807, 2.05) is 12.1 Å². The average molecular weight is 252 g/mol. The molecule has 0 aliphatic carbocycles. The molecule has 1 unspecified atom stereocenters. The van der Waals surface area contributed by atoms with Gasteiger partial charge in [0.2, 0.25) is 0 Å². The molecule has 1 saturated heterocycles. The van der Waals surface area contributed by atoms with Crippen LogP contribution in [0.5, 0.6) is 11.5 Å². The lowest BCUT2D eigenvalue weighted by Crippen LogP contribution is -2.17. The van der Waals surface area contributed by atoms with Crippen LogP contribution in [-0.2, 0) is 4.74 Å². The van der Waals surface area contributed by atoms with Gasteiger partial charge in [-0.05, 0) is 31.9 Å². The van der Waals surface area contributed by atoms with E-state index in [2.05, 4.69) is 0 Å². The van der Waals surface area contributed by atoms with Crippen LogP contribution >= 0.6 is 0 Å². The summed E-state index contributed by atoms with van der Waals surface area (Å²) < 4.78 is 16.4. The molecule has 1 fully saturated rings. The zero-order chi connectivity index (χ0) is 13.0. The highest BCUT2D eigenvalue weighted by molar-refractivity contribution is 5.41. The maximum atomic E-state index is 9.71. The van der Waals surface area contributed by atoms with Gasteiger partial charge in [0.05, 0.1) is 19.3 Å². The molecule has 1 aromatic carbocycles. The minimum Gasteiger partial charge on any atom is -0.497 e. The van der Waals surface area contributed by atoms with Gasteiger partial charge in [-0.2, -0.15) is 0 Å².